The predicted octanol–water partition coefficient (Wildman–Crippen LogP) is 2.71. The monoisotopic (exact) mass is 189 g/mol. The lowest BCUT2D eigenvalue weighted by Gasteiger charge is -2.43. The van der Waals surface area contributed by atoms with Gasteiger partial charge < -0.3 is 5.32 Å². The topological polar surface area (TPSA) is 12.0 Å². The van der Waals surface area contributed by atoms with Crippen LogP contribution in [0.4, 0.5) is 0 Å². The Labute approximate surface area is 86.5 Å². The molecule has 3 unspecified atom stereocenters. The minimum absolute atomic E-state index is 0.722. The number of benzene rings is 1. The molecule has 0 spiro atoms. The number of aryl methyl sites for hydroxylation is 1. The van der Waals surface area contributed by atoms with Gasteiger partial charge in [-0.05, 0) is 43.4 Å². The first-order valence-corrected chi connectivity index (χ1v) is 5.47. The quantitative estimate of drug-likeness (QED) is 0.754. The highest BCUT2D eigenvalue weighted by atomic mass is 14.9. The third-order valence-electron chi connectivity index (χ3n) is 3.74. The van der Waals surface area contributed by atoms with Crippen molar-refractivity contribution in [3.63, 3.8) is 0 Å². The summed E-state index contributed by atoms with van der Waals surface area (Å²) < 4.78 is 0. The summed E-state index contributed by atoms with van der Waals surface area (Å²) in [4.78, 5) is 0. The van der Waals surface area contributed by atoms with Crippen LogP contribution < -0.4 is 5.32 Å². The van der Waals surface area contributed by atoms with Crippen molar-refractivity contribution >= 4 is 0 Å². The molecule has 0 bridgehead atoms. The molecular formula is C13H19N. The van der Waals surface area contributed by atoms with Gasteiger partial charge >= 0.3 is 0 Å². The van der Waals surface area contributed by atoms with E-state index in [4.69, 9.17) is 0 Å². The van der Waals surface area contributed by atoms with Crippen molar-refractivity contribution in [1.82, 2.24) is 5.32 Å². The Balaban J connectivity index is 2.15. The van der Waals surface area contributed by atoms with Crippen LogP contribution in [0.1, 0.15) is 30.4 Å². The zero-order valence-electron chi connectivity index (χ0n) is 9.25. The van der Waals surface area contributed by atoms with Crippen molar-refractivity contribution in [2.45, 2.75) is 32.2 Å². The summed E-state index contributed by atoms with van der Waals surface area (Å²) in [6.45, 7) is 4.57. The van der Waals surface area contributed by atoms with Crippen LogP contribution in [0.2, 0.25) is 0 Å². The van der Waals surface area contributed by atoms with Crippen LogP contribution in [-0.4, -0.2) is 13.1 Å². The molecule has 1 fully saturated rings. The summed E-state index contributed by atoms with van der Waals surface area (Å²) in [5, 5.41) is 3.37. The number of rotatable bonds is 2. The van der Waals surface area contributed by atoms with Crippen LogP contribution in [0.25, 0.3) is 0 Å². The van der Waals surface area contributed by atoms with Crippen LogP contribution in [0.5, 0.6) is 0 Å². The zero-order chi connectivity index (χ0) is 10.1. The predicted molar refractivity (Wildman–Crippen MR) is 60.5 cm³/mol. The fourth-order valence-electron chi connectivity index (χ4n) is 2.58. The van der Waals surface area contributed by atoms with Gasteiger partial charge in [0.1, 0.15) is 0 Å². The third-order valence-corrected chi connectivity index (χ3v) is 3.74. The largest absolute Gasteiger partial charge is 0.317 e. The van der Waals surface area contributed by atoms with Gasteiger partial charge in [0.2, 0.25) is 0 Å². The van der Waals surface area contributed by atoms with Crippen LogP contribution in [0.15, 0.2) is 24.3 Å². The molecule has 0 aromatic heterocycles. The average Bonchev–Trinajstić information content (AvgIpc) is 2.19. The van der Waals surface area contributed by atoms with Gasteiger partial charge in [0, 0.05) is 6.04 Å². The molecule has 1 saturated carbocycles. The number of nitrogens with one attached hydrogen (secondary N) is 1. The van der Waals surface area contributed by atoms with E-state index in [1.165, 1.54) is 12.0 Å². The lowest BCUT2D eigenvalue weighted by molar-refractivity contribution is 0.193. The molecule has 3 atom stereocenters. The summed E-state index contributed by atoms with van der Waals surface area (Å²) >= 11 is 0. The van der Waals surface area contributed by atoms with E-state index in [-0.39, 0.29) is 0 Å². The van der Waals surface area contributed by atoms with E-state index in [0.29, 0.717) is 0 Å². The Hall–Kier alpha value is -0.820. The highest BCUT2D eigenvalue weighted by Crippen LogP contribution is 2.43. The summed E-state index contributed by atoms with van der Waals surface area (Å²) in [7, 11) is 2.06. The Morgan fingerprint density at radius 3 is 2.57 bits per heavy atom. The van der Waals surface area contributed by atoms with Crippen LogP contribution in [0, 0.1) is 12.8 Å². The molecule has 1 N–H and O–H groups in total. The molecule has 1 heteroatoms. The minimum Gasteiger partial charge on any atom is -0.317 e. The second-order valence-electron chi connectivity index (χ2n) is 4.45. The van der Waals surface area contributed by atoms with E-state index in [9.17, 15) is 0 Å². The van der Waals surface area contributed by atoms with Crippen LogP contribution in [-0.2, 0) is 0 Å². The smallest absolute Gasteiger partial charge is 0.0101 e. The van der Waals surface area contributed by atoms with Crippen molar-refractivity contribution in [1.29, 1.82) is 0 Å². The van der Waals surface area contributed by atoms with Crippen molar-refractivity contribution in [2.75, 3.05) is 7.05 Å². The molecule has 1 aromatic carbocycles. The van der Waals surface area contributed by atoms with Crippen LogP contribution in [0.3, 0.4) is 0 Å². The molecule has 0 radical (unpaired) electrons. The summed E-state index contributed by atoms with van der Waals surface area (Å²) in [6.07, 6.45) is 1.29. The van der Waals surface area contributed by atoms with Crippen molar-refractivity contribution in [3.8, 4) is 0 Å². The molecule has 0 amide bonds. The second kappa shape index (κ2) is 3.74. The molecule has 0 saturated heterocycles. The van der Waals surface area contributed by atoms with E-state index in [1.54, 1.807) is 5.56 Å². The third kappa shape index (κ3) is 1.46. The number of hydrogen-bond acceptors (Lipinski definition) is 1. The lowest BCUT2D eigenvalue weighted by Crippen LogP contribution is -2.46. The molecule has 1 aliphatic carbocycles. The van der Waals surface area contributed by atoms with Gasteiger partial charge in [-0.2, -0.15) is 0 Å². The molecular weight excluding hydrogens is 170 g/mol. The maximum atomic E-state index is 3.37. The Bertz CT molecular complexity index is 319. The molecule has 1 aromatic rings. The maximum absolute atomic E-state index is 3.37. The van der Waals surface area contributed by atoms with Crippen molar-refractivity contribution < 1.29 is 0 Å². The molecule has 2 rings (SSSR count). The van der Waals surface area contributed by atoms with Crippen LogP contribution >= 0.6 is 0 Å². The van der Waals surface area contributed by atoms with E-state index in [2.05, 4.69) is 50.5 Å². The summed E-state index contributed by atoms with van der Waals surface area (Å²) in [6, 6.07) is 9.50. The summed E-state index contributed by atoms with van der Waals surface area (Å²) in [5.74, 6) is 1.55. The summed E-state index contributed by atoms with van der Waals surface area (Å²) in [5.41, 5.74) is 2.99. The molecule has 14 heavy (non-hydrogen) atoms. The first-order chi connectivity index (χ1) is 6.74. The minimum atomic E-state index is 0.722. The fourth-order valence-corrected chi connectivity index (χ4v) is 2.58. The molecule has 0 heterocycles. The Kier molecular flexibility index (Phi) is 2.60. The maximum Gasteiger partial charge on any atom is 0.0101 e. The normalized spacial score (nSPS) is 31.2. The van der Waals surface area contributed by atoms with E-state index >= 15 is 0 Å². The van der Waals surface area contributed by atoms with Crippen molar-refractivity contribution in [3.05, 3.63) is 35.4 Å². The van der Waals surface area contributed by atoms with E-state index in [0.717, 1.165) is 17.9 Å². The van der Waals surface area contributed by atoms with Crippen molar-refractivity contribution in [2.24, 2.45) is 5.92 Å². The Morgan fingerprint density at radius 2 is 2.00 bits per heavy atom. The van der Waals surface area contributed by atoms with Gasteiger partial charge in [-0.3, -0.25) is 0 Å². The first-order valence-electron chi connectivity index (χ1n) is 5.47. The highest BCUT2D eigenvalue weighted by molar-refractivity contribution is 5.32. The average molecular weight is 189 g/mol. The van der Waals surface area contributed by atoms with Gasteiger partial charge in [0.25, 0.3) is 0 Å². The lowest BCUT2D eigenvalue weighted by atomic mass is 9.66. The molecule has 1 aliphatic rings. The highest BCUT2D eigenvalue weighted by Gasteiger charge is 2.37. The van der Waals surface area contributed by atoms with Gasteiger partial charge in [0.15, 0.2) is 0 Å². The molecule has 0 aliphatic heterocycles. The van der Waals surface area contributed by atoms with Gasteiger partial charge in [0.05, 0.1) is 0 Å². The second-order valence-corrected chi connectivity index (χ2v) is 4.45. The zero-order valence-corrected chi connectivity index (χ0v) is 9.25. The Morgan fingerprint density at radius 1 is 1.29 bits per heavy atom. The first kappa shape index (κ1) is 9.72. The van der Waals surface area contributed by atoms with Gasteiger partial charge in [-0.25, -0.2) is 0 Å². The fraction of sp³-hybridized carbons (Fsp3) is 0.538. The van der Waals surface area contributed by atoms with E-state index in [1.807, 2.05) is 0 Å². The van der Waals surface area contributed by atoms with Gasteiger partial charge in [-0.1, -0.05) is 31.2 Å². The van der Waals surface area contributed by atoms with E-state index < -0.39 is 0 Å². The SMILES string of the molecule is CNC1CC(c2ccccc2C)C1C. The standard InChI is InChI=1S/C13H19N/c1-9-6-4-5-7-11(9)12-8-13(14-3)10(12)2/h4-7,10,12-14H,8H2,1-3H3. The number of hydrogen-bond donors (Lipinski definition) is 1. The molecule has 1 nitrogen and oxygen atoms in total. The van der Waals surface area contributed by atoms with Gasteiger partial charge in [-0.15, -0.1) is 0 Å². The molecule has 76 valence electrons.